The minimum atomic E-state index is -1.30. The zero-order valence-electron chi connectivity index (χ0n) is 24.6. The summed E-state index contributed by atoms with van der Waals surface area (Å²) in [6.07, 6.45) is 1.01. The highest BCUT2D eigenvalue weighted by Crippen LogP contribution is 2.35. The summed E-state index contributed by atoms with van der Waals surface area (Å²) in [6.45, 7) is 12.8. The van der Waals surface area contributed by atoms with Gasteiger partial charge in [-0.1, -0.05) is 47.5 Å². The SMILES string of the molecule is Cc1cc(C)cc(C(C(=O)Nc2c(C)cccc2C)N(C(=O)C(CC(N)=O)NC(=O)OC(C)(C)C)C2CCC2)c1. The summed E-state index contributed by atoms with van der Waals surface area (Å²) in [5.74, 6) is -1.70. The fourth-order valence-corrected chi connectivity index (χ4v) is 5.02. The summed E-state index contributed by atoms with van der Waals surface area (Å²) in [7, 11) is 0. The summed E-state index contributed by atoms with van der Waals surface area (Å²) in [4.78, 5) is 54.7. The number of hydrogen-bond donors (Lipinski definition) is 3. The molecule has 1 saturated carbocycles. The van der Waals surface area contributed by atoms with Gasteiger partial charge in [0, 0.05) is 11.7 Å². The largest absolute Gasteiger partial charge is 0.444 e. The minimum Gasteiger partial charge on any atom is -0.444 e. The van der Waals surface area contributed by atoms with Crippen molar-refractivity contribution in [3.05, 3.63) is 64.2 Å². The Balaban J connectivity index is 2.09. The number of hydrogen-bond acceptors (Lipinski definition) is 5. The Kier molecular flexibility index (Phi) is 9.60. The van der Waals surface area contributed by atoms with Crippen molar-refractivity contribution in [2.45, 2.75) is 97.9 Å². The predicted octanol–water partition coefficient (Wildman–Crippen LogP) is 4.75. The zero-order valence-corrected chi connectivity index (χ0v) is 24.6. The standard InChI is InChI=1S/C31H42N4O5/c1-18-14-19(2)16-22(15-18)27(28(37)34-26-20(3)10-8-11-21(26)4)35(23-12-9-13-23)29(38)24(17-25(32)36)33-30(39)40-31(5,6)7/h8,10-11,14-16,23-24,27H,9,12-13,17H2,1-7H3,(H2,32,36)(H,33,39)(H,34,37). The van der Waals surface area contributed by atoms with Gasteiger partial charge in [-0.05, 0) is 84.4 Å². The highest BCUT2D eigenvalue weighted by atomic mass is 16.6. The van der Waals surface area contributed by atoms with E-state index in [0.29, 0.717) is 24.1 Å². The van der Waals surface area contributed by atoms with Crippen molar-refractivity contribution in [1.82, 2.24) is 10.2 Å². The van der Waals surface area contributed by atoms with Crippen molar-refractivity contribution in [2.75, 3.05) is 5.32 Å². The number of nitrogens with zero attached hydrogens (tertiary/aromatic N) is 1. The van der Waals surface area contributed by atoms with E-state index in [9.17, 15) is 19.2 Å². The van der Waals surface area contributed by atoms with E-state index in [-0.39, 0.29) is 11.9 Å². The zero-order chi connectivity index (χ0) is 29.8. The van der Waals surface area contributed by atoms with E-state index >= 15 is 0 Å². The minimum absolute atomic E-state index is 0.252. The highest BCUT2D eigenvalue weighted by Gasteiger charge is 2.42. The van der Waals surface area contributed by atoms with Gasteiger partial charge in [0.25, 0.3) is 5.91 Å². The van der Waals surface area contributed by atoms with Crippen LogP contribution in [-0.4, -0.2) is 46.4 Å². The predicted molar refractivity (Wildman–Crippen MR) is 155 cm³/mol. The first-order valence-electron chi connectivity index (χ1n) is 13.7. The number of aryl methyl sites for hydroxylation is 4. The first-order chi connectivity index (χ1) is 18.7. The maximum Gasteiger partial charge on any atom is 0.408 e. The van der Waals surface area contributed by atoms with Gasteiger partial charge in [-0.3, -0.25) is 14.4 Å². The van der Waals surface area contributed by atoms with E-state index in [1.165, 1.54) is 4.90 Å². The fourth-order valence-electron chi connectivity index (χ4n) is 5.02. The second kappa shape index (κ2) is 12.5. The number of anilines is 1. The number of benzene rings is 2. The number of ether oxygens (including phenoxy) is 1. The normalized spacial score (nSPS) is 14.9. The molecule has 0 spiro atoms. The monoisotopic (exact) mass is 550 g/mol. The van der Waals surface area contributed by atoms with Crippen molar-refractivity contribution in [3.8, 4) is 0 Å². The smallest absolute Gasteiger partial charge is 0.408 e. The summed E-state index contributed by atoms with van der Waals surface area (Å²) in [5.41, 5.74) is 9.70. The Labute approximate surface area is 236 Å². The molecule has 9 nitrogen and oxygen atoms in total. The van der Waals surface area contributed by atoms with E-state index in [1.54, 1.807) is 20.8 Å². The van der Waals surface area contributed by atoms with Crippen molar-refractivity contribution >= 4 is 29.5 Å². The van der Waals surface area contributed by atoms with E-state index < -0.39 is 42.0 Å². The molecule has 3 rings (SSSR count). The lowest BCUT2D eigenvalue weighted by Gasteiger charge is -2.43. The number of nitrogens with two attached hydrogens (primary N) is 1. The molecule has 9 heteroatoms. The maximum absolute atomic E-state index is 14.3. The molecule has 4 amide bonds. The third-order valence-corrected chi connectivity index (χ3v) is 6.93. The molecule has 2 aromatic rings. The van der Waals surface area contributed by atoms with Crippen LogP contribution < -0.4 is 16.4 Å². The quantitative estimate of drug-likeness (QED) is 0.415. The van der Waals surface area contributed by atoms with Gasteiger partial charge < -0.3 is 26.0 Å². The van der Waals surface area contributed by atoms with Crippen molar-refractivity contribution in [3.63, 3.8) is 0 Å². The molecule has 1 aliphatic carbocycles. The van der Waals surface area contributed by atoms with E-state index in [2.05, 4.69) is 10.6 Å². The van der Waals surface area contributed by atoms with Gasteiger partial charge in [-0.25, -0.2) is 4.79 Å². The molecular formula is C31H42N4O5. The molecular weight excluding hydrogens is 508 g/mol. The molecule has 1 fully saturated rings. The van der Waals surface area contributed by atoms with Gasteiger partial charge in [0.1, 0.15) is 17.7 Å². The molecule has 0 saturated heterocycles. The molecule has 2 aromatic carbocycles. The summed E-state index contributed by atoms with van der Waals surface area (Å²) < 4.78 is 5.36. The number of amides is 4. The van der Waals surface area contributed by atoms with Gasteiger partial charge in [0.2, 0.25) is 11.8 Å². The first kappa shape index (κ1) is 30.7. The van der Waals surface area contributed by atoms with Crippen LogP contribution in [0.4, 0.5) is 10.5 Å². The number of nitrogens with one attached hydrogen (secondary N) is 2. The third-order valence-electron chi connectivity index (χ3n) is 6.93. The lowest BCUT2D eigenvalue weighted by atomic mass is 9.87. The Morgan fingerprint density at radius 2 is 1.57 bits per heavy atom. The van der Waals surface area contributed by atoms with E-state index in [1.807, 2.05) is 64.1 Å². The number of alkyl carbamates (subject to hydrolysis) is 1. The molecule has 0 aliphatic heterocycles. The lowest BCUT2D eigenvalue weighted by Crippen LogP contribution is -2.57. The van der Waals surface area contributed by atoms with E-state index in [4.69, 9.17) is 10.5 Å². The Hall–Kier alpha value is -3.88. The van der Waals surface area contributed by atoms with Gasteiger partial charge in [0.15, 0.2) is 0 Å². The first-order valence-corrected chi connectivity index (χ1v) is 13.7. The van der Waals surface area contributed by atoms with Crippen LogP contribution in [0.25, 0.3) is 0 Å². The second-order valence-corrected chi connectivity index (χ2v) is 11.8. The third kappa shape index (κ3) is 7.83. The Bertz CT molecular complexity index is 1240. The van der Waals surface area contributed by atoms with Crippen molar-refractivity contribution in [1.29, 1.82) is 0 Å². The van der Waals surface area contributed by atoms with Gasteiger partial charge in [-0.2, -0.15) is 0 Å². The van der Waals surface area contributed by atoms with Crippen LogP contribution in [0.1, 0.15) is 80.3 Å². The van der Waals surface area contributed by atoms with Crippen LogP contribution in [0, 0.1) is 27.7 Å². The van der Waals surface area contributed by atoms with Gasteiger partial charge in [0.05, 0.1) is 6.42 Å². The van der Waals surface area contributed by atoms with Crippen molar-refractivity contribution in [2.24, 2.45) is 5.73 Å². The van der Waals surface area contributed by atoms with Gasteiger partial charge in [-0.15, -0.1) is 0 Å². The molecule has 0 bridgehead atoms. The molecule has 216 valence electrons. The van der Waals surface area contributed by atoms with E-state index in [0.717, 1.165) is 28.7 Å². The summed E-state index contributed by atoms with van der Waals surface area (Å²) in [5, 5.41) is 5.61. The highest BCUT2D eigenvalue weighted by molar-refractivity contribution is 6.00. The topological polar surface area (TPSA) is 131 Å². The molecule has 40 heavy (non-hydrogen) atoms. The Morgan fingerprint density at radius 1 is 1.00 bits per heavy atom. The number of rotatable bonds is 9. The summed E-state index contributed by atoms with van der Waals surface area (Å²) >= 11 is 0. The molecule has 1 aliphatic rings. The fraction of sp³-hybridized carbons (Fsp3) is 0.484. The average molecular weight is 551 g/mol. The van der Waals surface area contributed by atoms with Crippen LogP contribution in [-0.2, 0) is 19.1 Å². The average Bonchev–Trinajstić information content (AvgIpc) is 2.77. The lowest BCUT2D eigenvalue weighted by molar-refractivity contribution is -0.146. The number of carbonyl (C=O) groups excluding carboxylic acids is 4. The molecule has 2 unspecified atom stereocenters. The maximum atomic E-state index is 14.3. The Morgan fingerprint density at radius 3 is 2.05 bits per heavy atom. The second-order valence-electron chi connectivity index (χ2n) is 11.8. The molecule has 0 aromatic heterocycles. The van der Waals surface area contributed by atoms with Crippen LogP contribution >= 0.6 is 0 Å². The van der Waals surface area contributed by atoms with Crippen LogP contribution in [0.3, 0.4) is 0 Å². The van der Waals surface area contributed by atoms with Gasteiger partial charge >= 0.3 is 6.09 Å². The summed E-state index contributed by atoms with van der Waals surface area (Å²) in [6, 6.07) is 8.98. The van der Waals surface area contributed by atoms with Crippen LogP contribution in [0.2, 0.25) is 0 Å². The molecule has 0 radical (unpaired) electrons. The number of para-hydroxylation sites is 1. The number of primary amides is 1. The number of carbonyl (C=O) groups is 4. The molecule has 4 N–H and O–H groups in total. The van der Waals surface area contributed by atoms with Crippen molar-refractivity contribution < 1.29 is 23.9 Å². The molecule has 2 atom stereocenters. The van der Waals surface area contributed by atoms with Crippen LogP contribution in [0.5, 0.6) is 0 Å². The molecule has 0 heterocycles. The van der Waals surface area contributed by atoms with Crippen LogP contribution in [0.15, 0.2) is 36.4 Å².